The molecule has 2 fully saturated rings. The lowest BCUT2D eigenvalue weighted by molar-refractivity contribution is -0.0526. The Hall–Kier alpha value is -2.09. The number of benzene rings is 1. The number of hydrogen-bond donors (Lipinski definition) is 2. The van der Waals surface area contributed by atoms with E-state index >= 15 is 0 Å². The predicted molar refractivity (Wildman–Crippen MR) is 86.6 cm³/mol. The van der Waals surface area contributed by atoms with Gasteiger partial charge in [0.15, 0.2) is 11.5 Å². The topological polar surface area (TPSA) is 68.8 Å². The Bertz CT molecular complexity index is 604. The second-order valence-corrected chi connectivity index (χ2v) is 6.37. The lowest BCUT2D eigenvalue weighted by atomic mass is 9.99. The van der Waals surface area contributed by atoms with Crippen molar-refractivity contribution >= 4 is 5.91 Å². The van der Waals surface area contributed by atoms with Crippen molar-refractivity contribution in [3.8, 4) is 17.2 Å². The molecule has 0 saturated carbocycles. The highest BCUT2D eigenvalue weighted by Gasteiger charge is 2.34. The number of carbonyl (C=O) groups is 1. The van der Waals surface area contributed by atoms with Gasteiger partial charge in [-0.05, 0) is 37.8 Å². The van der Waals surface area contributed by atoms with Gasteiger partial charge in [0.05, 0.1) is 14.2 Å². The smallest absolute Gasteiger partial charge is 0.387 e. The molecule has 1 aromatic rings. The van der Waals surface area contributed by atoms with Crippen LogP contribution in [0.2, 0.25) is 0 Å². The van der Waals surface area contributed by atoms with Crippen molar-refractivity contribution in [1.29, 1.82) is 0 Å². The van der Waals surface area contributed by atoms with Gasteiger partial charge in [0.2, 0.25) is 5.75 Å². The van der Waals surface area contributed by atoms with Gasteiger partial charge < -0.3 is 24.8 Å². The number of methoxy groups -OCH3 is 2. The van der Waals surface area contributed by atoms with E-state index in [0.717, 1.165) is 25.7 Å². The number of nitrogens with one attached hydrogen (secondary N) is 2. The Morgan fingerprint density at radius 1 is 1.16 bits per heavy atom. The Morgan fingerprint density at radius 2 is 1.72 bits per heavy atom. The van der Waals surface area contributed by atoms with Crippen LogP contribution in [-0.4, -0.2) is 44.9 Å². The molecule has 2 unspecified atom stereocenters. The monoisotopic (exact) mass is 356 g/mol. The summed E-state index contributed by atoms with van der Waals surface area (Å²) in [5.41, 5.74) is 0.279. The fraction of sp³-hybridized carbons (Fsp3) is 0.588. The van der Waals surface area contributed by atoms with Gasteiger partial charge in [-0.3, -0.25) is 4.79 Å². The third-order valence-corrected chi connectivity index (χ3v) is 4.74. The van der Waals surface area contributed by atoms with Gasteiger partial charge in [0.25, 0.3) is 5.91 Å². The first-order chi connectivity index (χ1) is 12.0. The first-order valence-corrected chi connectivity index (χ1v) is 8.28. The van der Waals surface area contributed by atoms with Gasteiger partial charge >= 0.3 is 6.61 Å². The van der Waals surface area contributed by atoms with Crippen molar-refractivity contribution in [3.63, 3.8) is 0 Å². The van der Waals surface area contributed by atoms with Gasteiger partial charge in [0, 0.05) is 23.7 Å². The quantitative estimate of drug-likeness (QED) is 0.819. The zero-order valence-electron chi connectivity index (χ0n) is 14.2. The summed E-state index contributed by atoms with van der Waals surface area (Å²) in [5, 5.41) is 6.54. The molecule has 1 aromatic carbocycles. The predicted octanol–water partition coefficient (Wildman–Crippen LogP) is 2.32. The van der Waals surface area contributed by atoms with E-state index in [-0.39, 0.29) is 34.8 Å². The van der Waals surface area contributed by atoms with Gasteiger partial charge in [-0.1, -0.05) is 0 Å². The number of amides is 1. The maximum Gasteiger partial charge on any atom is 0.387 e. The summed E-state index contributed by atoms with van der Waals surface area (Å²) in [5.74, 6) is -0.465. The maximum atomic E-state index is 12.6. The van der Waals surface area contributed by atoms with Crippen molar-refractivity contribution in [2.75, 3.05) is 14.2 Å². The molecule has 2 N–H and O–H groups in total. The van der Waals surface area contributed by atoms with E-state index in [2.05, 4.69) is 15.4 Å². The average Bonchev–Trinajstić information content (AvgIpc) is 2.92. The molecule has 2 atom stereocenters. The first kappa shape index (κ1) is 17.7. The number of carbonyl (C=O) groups excluding carboxylic acids is 1. The molecule has 8 heteroatoms. The number of fused-ring (bicyclic) bond motifs is 2. The number of halogens is 2. The molecule has 2 aliphatic heterocycles. The molecule has 0 aliphatic carbocycles. The number of alkyl halides is 2. The molecule has 25 heavy (non-hydrogen) atoms. The van der Waals surface area contributed by atoms with Gasteiger partial charge in [-0.15, -0.1) is 0 Å². The second kappa shape index (κ2) is 7.43. The zero-order valence-corrected chi connectivity index (χ0v) is 14.2. The summed E-state index contributed by atoms with van der Waals surface area (Å²) in [6, 6.07) is 3.77. The summed E-state index contributed by atoms with van der Waals surface area (Å²) in [6.07, 6.45) is 4.06. The largest absolute Gasteiger partial charge is 0.493 e. The lowest BCUT2D eigenvalue weighted by Gasteiger charge is -2.29. The standard InChI is InChI=1S/C17H22F2N2O4/c1-23-13-5-9(6-14(24-2)15(13)25-17(18)19)16(22)21-12-7-10-3-4-11(8-12)20-10/h5-6,10-12,17,20H,3-4,7-8H2,1-2H3,(H,21,22). The van der Waals surface area contributed by atoms with Crippen molar-refractivity contribution < 1.29 is 27.8 Å². The SMILES string of the molecule is COc1cc(C(=O)NC2CC3CCC(C2)N3)cc(OC)c1OC(F)F. The van der Waals surface area contributed by atoms with Crippen LogP contribution in [0.25, 0.3) is 0 Å². The molecule has 3 rings (SSSR count). The van der Waals surface area contributed by atoms with E-state index < -0.39 is 6.61 Å². The third-order valence-electron chi connectivity index (χ3n) is 4.74. The molecule has 0 radical (unpaired) electrons. The summed E-state index contributed by atoms with van der Waals surface area (Å²) in [6.45, 7) is -3.02. The molecule has 2 saturated heterocycles. The lowest BCUT2D eigenvalue weighted by Crippen LogP contribution is -2.48. The van der Waals surface area contributed by atoms with E-state index in [1.165, 1.54) is 26.4 Å². The Labute approximate surface area is 144 Å². The minimum absolute atomic E-state index is 0.0233. The highest BCUT2D eigenvalue weighted by molar-refractivity contribution is 5.95. The van der Waals surface area contributed by atoms with E-state index in [0.29, 0.717) is 12.1 Å². The van der Waals surface area contributed by atoms with E-state index in [9.17, 15) is 13.6 Å². The molecular weight excluding hydrogens is 334 g/mol. The molecular formula is C17H22F2N2O4. The number of rotatable bonds is 6. The number of piperidine rings is 1. The van der Waals surface area contributed by atoms with Crippen LogP contribution in [0.4, 0.5) is 8.78 Å². The van der Waals surface area contributed by atoms with Crippen molar-refractivity contribution in [2.24, 2.45) is 0 Å². The molecule has 2 aliphatic rings. The van der Waals surface area contributed by atoms with E-state index in [1.54, 1.807) is 0 Å². The second-order valence-electron chi connectivity index (χ2n) is 6.37. The average molecular weight is 356 g/mol. The minimum atomic E-state index is -3.02. The van der Waals surface area contributed by atoms with Gasteiger partial charge in [0.1, 0.15) is 0 Å². The highest BCUT2D eigenvalue weighted by Crippen LogP contribution is 2.39. The number of ether oxygens (including phenoxy) is 3. The van der Waals surface area contributed by atoms with Crippen LogP contribution >= 0.6 is 0 Å². The Kier molecular flexibility index (Phi) is 5.27. The van der Waals surface area contributed by atoms with Crippen molar-refractivity contribution in [3.05, 3.63) is 17.7 Å². The van der Waals surface area contributed by atoms with Crippen molar-refractivity contribution in [2.45, 2.75) is 50.4 Å². The van der Waals surface area contributed by atoms with Crippen LogP contribution in [0.1, 0.15) is 36.0 Å². The molecule has 0 aromatic heterocycles. The van der Waals surface area contributed by atoms with Crippen LogP contribution in [-0.2, 0) is 0 Å². The minimum Gasteiger partial charge on any atom is -0.493 e. The van der Waals surface area contributed by atoms with Crippen LogP contribution in [0.3, 0.4) is 0 Å². The molecule has 138 valence electrons. The van der Waals surface area contributed by atoms with Crippen molar-refractivity contribution in [1.82, 2.24) is 10.6 Å². The summed E-state index contributed by atoms with van der Waals surface area (Å²) < 4.78 is 39.8. The fourth-order valence-corrected chi connectivity index (χ4v) is 3.66. The molecule has 6 nitrogen and oxygen atoms in total. The molecule has 1 amide bonds. The molecule has 0 spiro atoms. The normalized spacial score (nSPS) is 24.9. The van der Waals surface area contributed by atoms with Gasteiger partial charge in [-0.25, -0.2) is 0 Å². The summed E-state index contributed by atoms with van der Waals surface area (Å²) in [4.78, 5) is 12.6. The zero-order chi connectivity index (χ0) is 18.0. The summed E-state index contributed by atoms with van der Waals surface area (Å²) in [7, 11) is 2.64. The van der Waals surface area contributed by atoms with E-state index in [4.69, 9.17) is 9.47 Å². The Balaban J connectivity index is 1.77. The molecule has 2 bridgehead atoms. The van der Waals surface area contributed by atoms with Crippen LogP contribution in [0.15, 0.2) is 12.1 Å². The third kappa shape index (κ3) is 3.95. The number of hydrogen-bond acceptors (Lipinski definition) is 5. The van der Waals surface area contributed by atoms with Crippen LogP contribution in [0, 0.1) is 0 Å². The van der Waals surface area contributed by atoms with E-state index in [1.807, 2.05) is 0 Å². The first-order valence-electron chi connectivity index (χ1n) is 8.28. The van der Waals surface area contributed by atoms with Crippen LogP contribution < -0.4 is 24.8 Å². The highest BCUT2D eigenvalue weighted by atomic mass is 19.3. The van der Waals surface area contributed by atoms with Crippen LogP contribution in [0.5, 0.6) is 17.2 Å². The summed E-state index contributed by atoms with van der Waals surface area (Å²) >= 11 is 0. The Morgan fingerprint density at radius 3 is 2.20 bits per heavy atom. The van der Waals surface area contributed by atoms with Gasteiger partial charge in [-0.2, -0.15) is 8.78 Å². The maximum absolute atomic E-state index is 12.6. The molecule has 2 heterocycles. The fourth-order valence-electron chi connectivity index (χ4n) is 3.66.